The number of fused-ring (bicyclic) bond motifs is 1. The van der Waals surface area contributed by atoms with E-state index in [-0.39, 0.29) is 52.5 Å². The number of sulfone groups is 1. The van der Waals surface area contributed by atoms with Gasteiger partial charge in [0.05, 0.1) is 11.5 Å². The molecular weight excluding hydrogens is 446 g/mol. The van der Waals surface area contributed by atoms with Crippen molar-refractivity contribution in [1.29, 1.82) is 0 Å². The second kappa shape index (κ2) is 8.09. The Hall–Kier alpha value is -2.14. The van der Waals surface area contributed by atoms with E-state index in [1.54, 1.807) is 4.90 Å². The van der Waals surface area contributed by atoms with Gasteiger partial charge in [0.25, 0.3) is 5.56 Å². The van der Waals surface area contributed by atoms with Crippen LogP contribution in [0.25, 0.3) is 11.2 Å². The van der Waals surface area contributed by atoms with Gasteiger partial charge in [0, 0.05) is 26.2 Å². The molecule has 1 saturated heterocycles. The molecule has 0 bridgehead atoms. The predicted molar refractivity (Wildman–Crippen MR) is 116 cm³/mol. The fourth-order valence-corrected chi connectivity index (χ4v) is 6.78. The fraction of sp³-hybridized carbons (Fsp3) is 0.684. The van der Waals surface area contributed by atoms with Crippen molar-refractivity contribution in [3.63, 3.8) is 0 Å². The van der Waals surface area contributed by atoms with Gasteiger partial charge in [-0.05, 0) is 30.9 Å². The van der Waals surface area contributed by atoms with E-state index in [1.165, 1.54) is 23.2 Å². The number of imidazole rings is 1. The van der Waals surface area contributed by atoms with Gasteiger partial charge in [-0.25, -0.2) is 13.2 Å². The Bertz CT molecular complexity index is 1260. The quantitative estimate of drug-likeness (QED) is 0.597. The van der Waals surface area contributed by atoms with Gasteiger partial charge >= 0.3 is 5.69 Å². The molecule has 2 aliphatic rings. The molecule has 3 heterocycles. The number of carbonyl (C=O) groups excluding carboxylic acids is 1. The van der Waals surface area contributed by atoms with E-state index in [2.05, 4.69) is 4.98 Å². The lowest BCUT2D eigenvalue weighted by Gasteiger charge is -2.38. The Kier molecular flexibility index (Phi) is 5.76. The predicted octanol–water partition coefficient (Wildman–Crippen LogP) is 0.436. The first-order chi connectivity index (χ1) is 14.6. The SMILES string of the molecule is Cn1c(=O)c2c(nc(Cl)n2CC(=O)N(C2CCCCC2)[C@@H]2CCS(=O)(=O)C2)n(C)c1=O. The van der Waals surface area contributed by atoms with E-state index in [9.17, 15) is 22.8 Å². The van der Waals surface area contributed by atoms with Crippen LogP contribution in [0.5, 0.6) is 0 Å². The minimum Gasteiger partial charge on any atom is -0.334 e. The van der Waals surface area contributed by atoms with Gasteiger partial charge in [-0.2, -0.15) is 4.98 Å². The Morgan fingerprint density at radius 2 is 1.77 bits per heavy atom. The average Bonchev–Trinajstić information content (AvgIpc) is 3.25. The molecule has 1 aliphatic carbocycles. The Morgan fingerprint density at radius 1 is 1.10 bits per heavy atom. The third kappa shape index (κ3) is 3.93. The molecule has 2 fully saturated rings. The van der Waals surface area contributed by atoms with Gasteiger partial charge in [-0.3, -0.25) is 23.3 Å². The molecule has 2 aromatic rings. The van der Waals surface area contributed by atoms with Crippen molar-refractivity contribution in [1.82, 2.24) is 23.6 Å². The summed E-state index contributed by atoms with van der Waals surface area (Å²) in [6.45, 7) is -0.240. The molecule has 0 radical (unpaired) electrons. The van der Waals surface area contributed by atoms with Crippen molar-refractivity contribution in [2.45, 2.75) is 57.2 Å². The van der Waals surface area contributed by atoms with Gasteiger partial charge < -0.3 is 4.90 Å². The van der Waals surface area contributed by atoms with Gasteiger partial charge in [-0.15, -0.1) is 0 Å². The first kappa shape index (κ1) is 22.1. The molecule has 31 heavy (non-hydrogen) atoms. The van der Waals surface area contributed by atoms with Gasteiger partial charge in [-0.1, -0.05) is 19.3 Å². The lowest BCUT2D eigenvalue weighted by atomic mass is 9.93. The van der Waals surface area contributed by atoms with Crippen LogP contribution in [-0.4, -0.2) is 61.5 Å². The van der Waals surface area contributed by atoms with Crippen LogP contribution in [0, 0.1) is 0 Å². The molecular formula is C19H26ClN5O5S. The third-order valence-corrected chi connectivity index (χ3v) is 8.49. The lowest BCUT2D eigenvalue weighted by molar-refractivity contribution is -0.137. The second-order valence-electron chi connectivity index (χ2n) is 8.49. The average molecular weight is 472 g/mol. The van der Waals surface area contributed by atoms with Crippen molar-refractivity contribution >= 4 is 38.5 Å². The van der Waals surface area contributed by atoms with Crippen LogP contribution >= 0.6 is 11.6 Å². The maximum Gasteiger partial charge on any atom is 0.332 e. The summed E-state index contributed by atoms with van der Waals surface area (Å²) in [5, 5.41) is -0.0655. The van der Waals surface area contributed by atoms with Crippen LogP contribution in [0.3, 0.4) is 0 Å². The monoisotopic (exact) mass is 471 g/mol. The van der Waals surface area contributed by atoms with Gasteiger partial charge in [0.1, 0.15) is 6.54 Å². The molecule has 1 aliphatic heterocycles. The third-order valence-electron chi connectivity index (χ3n) is 6.45. The normalized spacial score (nSPS) is 21.6. The van der Waals surface area contributed by atoms with Crippen LogP contribution in [0.4, 0.5) is 0 Å². The molecule has 10 nitrogen and oxygen atoms in total. The van der Waals surface area contributed by atoms with E-state index in [1.807, 2.05) is 0 Å². The highest BCUT2D eigenvalue weighted by atomic mass is 35.5. The number of nitrogens with zero attached hydrogens (tertiary/aromatic N) is 5. The smallest absolute Gasteiger partial charge is 0.332 e. The molecule has 170 valence electrons. The van der Waals surface area contributed by atoms with Gasteiger partial charge in [0.15, 0.2) is 21.0 Å². The number of carbonyl (C=O) groups is 1. The summed E-state index contributed by atoms with van der Waals surface area (Å²) in [6.07, 6.45) is 5.16. The van der Waals surface area contributed by atoms with Crippen LogP contribution in [0.15, 0.2) is 9.59 Å². The standard InChI is InChI=1S/C19H26ClN5O5S/c1-22-16-15(17(27)23(2)19(22)28)24(18(20)21-16)10-14(26)25(12-6-4-3-5-7-12)13-8-9-31(29,30)11-13/h12-13H,3-11H2,1-2H3/t13-/m1/s1. The van der Waals surface area contributed by atoms with Gasteiger partial charge in [0.2, 0.25) is 11.2 Å². The topological polar surface area (TPSA) is 116 Å². The van der Waals surface area contributed by atoms with Crippen molar-refractivity contribution in [2.24, 2.45) is 14.1 Å². The van der Waals surface area contributed by atoms with Crippen LogP contribution in [0.2, 0.25) is 5.28 Å². The number of rotatable bonds is 4. The molecule has 12 heteroatoms. The maximum absolute atomic E-state index is 13.5. The van der Waals surface area contributed by atoms with E-state index >= 15 is 0 Å². The Morgan fingerprint density at radius 3 is 2.39 bits per heavy atom. The molecule has 0 aromatic carbocycles. The molecule has 0 spiro atoms. The number of hydrogen-bond donors (Lipinski definition) is 0. The molecule has 0 unspecified atom stereocenters. The van der Waals surface area contributed by atoms with Crippen molar-refractivity contribution in [2.75, 3.05) is 11.5 Å². The summed E-state index contributed by atoms with van der Waals surface area (Å²) in [4.78, 5) is 44.3. The van der Waals surface area contributed by atoms with E-state index in [0.29, 0.717) is 6.42 Å². The molecule has 1 amide bonds. The lowest BCUT2D eigenvalue weighted by Crippen LogP contribution is -2.50. The molecule has 2 aromatic heterocycles. The molecule has 1 atom stereocenters. The van der Waals surface area contributed by atoms with Crippen LogP contribution in [-0.2, 0) is 35.3 Å². The zero-order valence-electron chi connectivity index (χ0n) is 17.6. The van der Waals surface area contributed by atoms with E-state index in [4.69, 9.17) is 11.6 Å². The molecule has 0 N–H and O–H groups in total. The zero-order chi connectivity index (χ0) is 22.5. The number of halogens is 1. The Balaban J connectivity index is 1.74. The Labute approximate surface area is 184 Å². The fourth-order valence-electron chi connectivity index (χ4n) is 4.84. The first-order valence-electron chi connectivity index (χ1n) is 10.4. The van der Waals surface area contributed by atoms with E-state index < -0.39 is 21.1 Å². The summed E-state index contributed by atoms with van der Waals surface area (Å²) in [6, 6.07) is -0.401. The number of hydrogen-bond acceptors (Lipinski definition) is 6. The molecule has 1 saturated carbocycles. The minimum atomic E-state index is -3.17. The van der Waals surface area contributed by atoms with Crippen molar-refractivity contribution in [3.05, 3.63) is 26.1 Å². The summed E-state index contributed by atoms with van der Waals surface area (Å²) in [7, 11) is -0.331. The number of aryl methyl sites for hydroxylation is 1. The summed E-state index contributed by atoms with van der Waals surface area (Å²) >= 11 is 6.28. The largest absolute Gasteiger partial charge is 0.334 e. The zero-order valence-corrected chi connectivity index (χ0v) is 19.2. The number of amides is 1. The molecule has 4 rings (SSSR count). The van der Waals surface area contributed by atoms with Crippen LogP contribution in [0.1, 0.15) is 38.5 Å². The highest BCUT2D eigenvalue weighted by Gasteiger charge is 2.39. The highest BCUT2D eigenvalue weighted by molar-refractivity contribution is 7.91. The number of aromatic nitrogens is 4. The summed E-state index contributed by atoms with van der Waals surface area (Å²) in [5.74, 6) is -0.249. The van der Waals surface area contributed by atoms with Crippen LogP contribution < -0.4 is 11.2 Å². The minimum absolute atomic E-state index is 0.0275. The highest BCUT2D eigenvalue weighted by Crippen LogP contribution is 2.29. The van der Waals surface area contributed by atoms with E-state index in [0.717, 1.165) is 36.7 Å². The maximum atomic E-state index is 13.5. The summed E-state index contributed by atoms with van der Waals surface area (Å²) < 4.78 is 27.7. The summed E-state index contributed by atoms with van der Waals surface area (Å²) in [5.41, 5.74) is -0.938. The van der Waals surface area contributed by atoms with Crippen molar-refractivity contribution < 1.29 is 13.2 Å². The first-order valence-corrected chi connectivity index (χ1v) is 12.6. The van der Waals surface area contributed by atoms with Crippen molar-refractivity contribution in [3.8, 4) is 0 Å². The second-order valence-corrected chi connectivity index (χ2v) is 11.1.